The highest BCUT2D eigenvalue weighted by Crippen LogP contribution is 2.15. The standard InChI is InChI=1S/C22H24N2O7/c1-3-15(2)20(23-22(27)31-13-16-8-5-4-6-9-16)21(26)30-14-19(25)17-10-7-11-18(12-17)24(28)29/h4-12,15,20H,3,13-14H2,1-2H3,(H,23,27)/t15-,20-/m1/s1. The summed E-state index contributed by atoms with van der Waals surface area (Å²) in [7, 11) is 0. The number of nitrogens with one attached hydrogen (secondary N) is 1. The number of amides is 1. The minimum Gasteiger partial charge on any atom is -0.456 e. The molecule has 0 saturated carbocycles. The van der Waals surface area contributed by atoms with Gasteiger partial charge in [-0.05, 0) is 11.5 Å². The Kier molecular flexibility index (Phi) is 8.68. The first-order valence-electron chi connectivity index (χ1n) is 9.73. The molecule has 2 atom stereocenters. The summed E-state index contributed by atoms with van der Waals surface area (Å²) in [6.45, 7) is 3.04. The van der Waals surface area contributed by atoms with Crippen molar-refractivity contribution in [3.8, 4) is 0 Å². The number of carbonyl (C=O) groups is 3. The number of non-ortho nitro benzene ring substituents is 1. The van der Waals surface area contributed by atoms with Gasteiger partial charge in [-0.3, -0.25) is 14.9 Å². The number of hydrogen-bond donors (Lipinski definition) is 1. The van der Waals surface area contributed by atoms with E-state index in [2.05, 4.69) is 5.32 Å². The zero-order valence-corrected chi connectivity index (χ0v) is 17.3. The number of nitrogens with zero attached hydrogens (tertiary/aromatic N) is 1. The maximum Gasteiger partial charge on any atom is 0.408 e. The third kappa shape index (κ3) is 7.22. The lowest BCUT2D eigenvalue weighted by atomic mass is 9.99. The van der Waals surface area contributed by atoms with Crippen molar-refractivity contribution in [2.24, 2.45) is 5.92 Å². The van der Waals surface area contributed by atoms with E-state index in [9.17, 15) is 24.5 Å². The van der Waals surface area contributed by atoms with Gasteiger partial charge in [0, 0.05) is 17.7 Å². The molecule has 0 aliphatic rings. The van der Waals surface area contributed by atoms with Gasteiger partial charge in [0.25, 0.3) is 5.69 Å². The normalized spacial score (nSPS) is 12.3. The second-order valence-electron chi connectivity index (χ2n) is 6.91. The van der Waals surface area contributed by atoms with Crippen LogP contribution in [0.3, 0.4) is 0 Å². The minimum atomic E-state index is -1.01. The highest BCUT2D eigenvalue weighted by Gasteiger charge is 2.28. The fraction of sp³-hybridized carbons (Fsp3) is 0.318. The third-order valence-electron chi connectivity index (χ3n) is 4.68. The Labute approximate surface area is 179 Å². The van der Waals surface area contributed by atoms with Gasteiger partial charge in [-0.15, -0.1) is 0 Å². The Hall–Kier alpha value is -3.75. The first-order chi connectivity index (χ1) is 14.8. The molecule has 2 aromatic rings. The summed E-state index contributed by atoms with van der Waals surface area (Å²) in [5, 5.41) is 13.3. The van der Waals surface area contributed by atoms with E-state index >= 15 is 0 Å². The zero-order chi connectivity index (χ0) is 22.8. The topological polar surface area (TPSA) is 125 Å². The van der Waals surface area contributed by atoms with Crippen LogP contribution in [0.4, 0.5) is 10.5 Å². The molecule has 0 aliphatic heterocycles. The number of nitro benzene ring substituents is 1. The molecule has 9 heteroatoms. The quantitative estimate of drug-likeness (QED) is 0.265. The zero-order valence-electron chi connectivity index (χ0n) is 17.3. The van der Waals surface area contributed by atoms with Gasteiger partial charge in [0.2, 0.25) is 5.78 Å². The summed E-state index contributed by atoms with van der Waals surface area (Å²) in [6.07, 6.45) is -0.214. The number of Topliss-reactive ketones (excluding diaryl/α,β-unsaturated/α-hetero) is 1. The fourth-order valence-electron chi connectivity index (χ4n) is 2.66. The largest absolute Gasteiger partial charge is 0.456 e. The van der Waals surface area contributed by atoms with E-state index in [1.165, 1.54) is 18.2 Å². The van der Waals surface area contributed by atoms with Gasteiger partial charge in [-0.2, -0.15) is 0 Å². The van der Waals surface area contributed by atoms with Crippen LogP contribution in [-0.4, -0.2) is 35.4 Å². The number of ketones is 1. The van der Waals surface area contributed by atoms with Gasteiger partial charge in [-0.25, -0.2) is 9.59 Å². The predicted octanol–water partition coefficient (Wildman–Crippen LogP) is 3.66. The lowest BCUT2D eigenvalue weighted by Gasteiger charge is -2.22. The molecule has 0 aromatic heterocycles. The molecule has 0 radical (unpaired) electrons. The second-order valence-corrected chi connectivity index (χ2v) is 6.91. The van der Waals surface area contributed by atoms with Crippen molar-refractivity contribution in [1.29, 1.82) is 0 Å². The second kappa shape index (κ2) is 11.4. The van der Waals surface area contributed by atoms with Crippen LogP contribution in [-0.2, 0) is 20.9 Å². The fourth-order valence-corrected chi connectivity index (χ4v) is 2.66. The van der Waals surface area contributed by atoms with E-state index in [4.69, 9.17) is 9.47 Å². The first kappa shape index (κ1) is 23.5. The van der Waals surface area contributed by atoms with Crippen molar-refractivity contribution >= 4 is 23.5 Å². The van der Waals surface area contributed by atoms with E-state index in [0.717, 1.165) is 11.6 Å². The average Bonchev–Trinajstić information content (AvgIpc) is 2.79. The van der Waals surface area contributed by atoms with Crippen LogP contribution in [0.5, 0.6) is 0 Å². The average molecular weight is 428 g/mol. The van der Waals surface area contributed by atoms with Crippen molar-refractivity contribution in [2.75, 3.05) is 6.61 Å². The van der Waals surface area contributed by atoms with Crippen molar-refractivity contribution in [3.05, 3.63) is 75.8 Å². The number of nitro groups is 1. The van der Waals surface area contributed by atoms with Gasteiger partial charge < -0.3 is 14.8 Å². The van der Waals surface area contributed by atoms with E-state index in [1.54, 1.807) is 19.1 Å². The molecule has 1 amide bonds. The van der Waals surface area contributed by atoms with Crippen molar-refractivity contribution in [3.63, 3.8) is 0 Å². The molecular formula is C22H24N2O7. The summed E-state index contributed by atoms with van der Waals surface area (Å²) in [5.41, 5.74) is 0.609. The molecule has 1 N–H and O–H groups in total. The number of benzene rings is 2. The van der Waals surface area contributed by atoms with Gasteiger partial charge in [-0.1, -0.05) is 62.7 Å². The van der Waals surface area contributed by atoms with E-state index in [1.807, 2.05) is 25.1 Å². The van der Waals surface area contributed by atoms with E-state index in [0.29, 0.717) is 6.42 Å². The molecular weight excluding hydrogens is 404 g/mol. The monoisotopic (exact) mass is 428 g/mol. The summed E-state index contributed by atoms with van der Waals surface area (Å²) < 4.78 is 10.2. The summed E-state index contributed by atoms with van der Waals surface area (Å²) in [5.74, 6) is -1.65. The molecule has 164 valence electrons. The molecule has 2 aromatic carbocycles. The maximum atomic E-state index is 12.5. The summed E-state index contributed by atoms with van der Waals surface area (Å²) >= 11 is 0. The van der Waals surface area contributed by atoms with Crippen LogP contribution in [0, 0.1) is 16.0 Å². The van der Waals surface area contributed by atoms with Crippen LogP contribution >= 0.6 is 0 Å². The summed E-state index contributed by atoms with van der Waals surface area (Å²) in [6, 6.07) is 13.2. The number of hydrogen-bond acceptors (Lipinski definition) is 7. The molecule has 0 spiro atoms. The number of alkyl carbamates (subject to hydrolysis) is 1. The molecule has 0 aliphatic carbocycles. The number of ether oxygens (including phenoxy) is 2. The van der Waals surface area contributed by atoms with Crippen molar-refractivity contribution < 1.29 is 28.8 Å². The van der Waals surface area contributed by atoms with Crippen LogP contribution in [0.2, 0.25) is 0 Å². The molecule has 2 rings (SSSR count). The van der Waals surface area contributed by atoms with Crippen LogP contribution in [0.15, 0.2) is 54.6 Å². The van der Waals surface area contributed by atoms with E-state index < -0.39 is 35.4 Å². The predicted molar refractivity (Wildman–Crippen MR) is 111 cm³/mol. The highest BCUT2D eigenvalue weighted by atomic mass is 16.6. The molecule has 31 heavy (non-hydrogen) atoms. The SMILES string of the molecule is CC[C@@H](C)[C@@H](NC(=O)OCc1ccccc1)C(=O)OCC(=O)c1cccc([N+](=O)[O-])c1. The van der Waals surface area contributed by atoms with Crippen molar-refractivity contribution in [1.82, 2.24) is 5.32 Å². The molecule has 0 fully saturated rings. The Morgan fingerprint density at radius 3 is 2.42 bits per heavy atom. The Morgan fingerprint density at radius 2 is 1.77 bits per heavy atom. The molecule has 0 heterocycles. The summed E-state index contributed by atoms with van der Waals surface area (Å²) in [4.78, 5) is 47.1. The molecule has 0 unspecified atom stereocenters. The Morgan fingerprint density at radius 1 is 1.06 bits per heavy atom. The van der Waals surface area contributed by atoms with Gasteiger partial charge in [0.1, 0.15) is 12.6 Å². The van der Waals surface area contributed by atoms with Gasteiger partial charge >= 0.3 is 12.1 Å². The highest BCUT2D eigenvalue weighted by molar-refractivity contribution is 5.98. The Bertz CT molecular complexity index is 930. The molecule has 9 nitrogen and oxygen atoms in total. The van der Waals surface area contributed by atoms with Gasteiger partial charge in [0.15, 0.2) is 6.61 Å². The van der Waals surface area contributed by atoms with Gasteiger partial charge in [0.05, 0.1) is 4.92 Å². The van der Waals surface area contributed by atoms with Crippen LogP contribution in [0.1, 0.15) is 36.2 Å². The Balaban J connectivity index is 1.94. The van der Waals surface area contributed by atoms with Crippen LogP contribution in [0.25, 0.3) is 0 Å². The number of carbonyl (C=O) groups excluding carboxylic acids is 3. The third-order valence-corrected chi connectivity index (χ3v) is 4.68. The van der Waals surface area contributed by atoms with Crippen LogP contribution < -0.4 is 5.32 Å². The minimum absolute atomic E-state index is 0.0419. The molecule has 0 saturated heterocycles. The molecule has 0 bridgehead atoms. The lowest BCUT2D eigenvalue weighted by Crippen LogP contribution is -2.46. The maximum absolute atomic E-state index is 12.5. The first-order valence-corrected chi connectivity index (χ1v) is 9.73. The van der Waals surface area contributed by atoms with Crippen molar-refractivity contribution in [2.45, 2.75) is 32.9 Å². The lowest BCUT2D eigenvalue weighted by molar-refractivity contribution is -0.384. The smallest absolute Gasteiger partial charge is 0.408 e. The van der Waals surface area contributed by atoms with E-state index in [-0.39, 0.29) is 23.8 Å². The number of esters is 1. The number of rotatable bonds is 10.